The molecule has 298 valence electrons. The second kappa shape index (κ2) is 21.4. The molecule has 0 aromatic heterocycles. The summed E-state index contributed by atoms with van der Waals surface area (Å²) in [5.41, 5.74) is 1.30. The zero-order chi connectivity index (χ0) is 39.2. The summed E-state index contributed by atoms with van der Waals surface area (Å²) in [4.78, 5) is 12.8. The summed E-state index contributed by atoms with van der Waals surface area (Å²) >= 11 is 0.222. The molecular weight excluding hydrogens is 760 g/mol. The van der Waals surface area contributed by atoms with Gasteiger partial charge in [0.2, 0.25) is 0 Å². The van der Waals surface area contributed by atoms with E-state index in [4.69, 9.17) is 18.0 Å². The Kier molecular flexibility index (Phi) is 19.4. The second-order valence-corrected chi connectivity index (χ2v) is 34.7. The number of hydrogen-bond acceptors (Lipinski definition) is 5. The van der Waals surface area contributed by atoms with Crippen LogP contribution in [0.3, 0.4) is 0 Å². The van der Waals surface area contributed by atoms with Crippen molar-refractivity contribution in [2.24, 2.45) is 5.92 Å². The van der Waals surface area contributed by atoms with E-state index >= 15 is 0 Å². The van der Waals surface area contributed by atoms with Crippen LogP contribution >= 0.6 is 0 Å². The van der Waals surface area contributed by atoms with Crippen molar-refractivity contribution < 1.29 is 22.8 Å². The van der Waals surface area contributed by atoms with Gasteiger partial charge in [0.05, 0.1) is 0 Å². The van der Waals surface area contributed by atoms with Gasteiger partial charge in [-0.3, -0.25) is 0 Å². The van der Waals surface area contributed by atoms with Gasteiger partial charge in [0, 0.05) is 0 Å². The molecule has 1 aliphatic rings. The number of unbranched alkanes of at least 4 members (excludes halogenated alkanes) is 2. The third-order valence-corrected chi connectivity index (χ3v) is 24.3. The molecule has 1 aliphatic carbocycles. The van der Waals surface area contributed by atoms with Gasteiger partial charge in [0.25, 0.3) is 0 Å². The number of carbonyl (C=O) groups excluding carboxylic acids is 1. The van der Waals surface area contributed by atoms with E-state index in [2.05, 4.69) is 131 Å². The molecule has 0 saturated carbocycles. The molecule has 5 nitrogen and oxygen atoms in total. The van der Waals surface area contributed by atoms with Crippen LogP contribution in [0.4, 0.5) is 0 Å². The van der Waals surface area contributed by atoms with Crippen LogP contribution in [0.5, 0.6) is 0 Å². The van der Waals surface area contributed by atoms with E-state index in [1.54, 1.807) is 0 Å². The summed E-state index contributed by atoms with van der Waals surface area (Å²) in [6.45, 7) is 30.4. The fourth-order valence-corrected chi connectivity index (χ4v) is 15.4. The fraction of sp³-hybridized carbons (Fsp3) is 0.744. The molecule has 1 aromatic rings. The Morgan fingerprint density at radius 2 is 1.58 bits per heavy atom. The quantitative estimate of drug-likeness (QED) is 0.0449. The maximum absolute atomic E-state index is 12.4. The van der Waals surface area contributed by atoms with E-state index in [9.17, 15) is 4.79 Å². The molecule has 0 amide bonds. The van der Waals surface area contributed by atoms with Crippen molar-refractivity contribution in [3.8, 4) is 0 Å². The number of methoxy groups -OCH3 is 1. The minimum atomic E-state index is -2.08. The zero-order valence-electron chi connectivity index (χ0n) is 35.9. The van der Waals surface area contributed by atoms with Gasteiger partial charge in [0.15, 0.2) is 8.32 Å². The van der Waals surface area contributed by atoms with Crippen LogP contribution in [0.15, 0.2) is 53.8 Å². The Morgan fingerprint density at radius 1 is 0.942 bits per heavy atom. The molecular formula is C43H78O5SeSi3. The SMILES string of the molecule is CCCCC(C)(C/C=C/[C@@H]1C(CCCCC(CC(=O)OC)[Se]c2ccccc2)=C(O[Si](C)(C)C(C)(C)C)C[C@H]1O[Si](CC)(CC)CC)O[Si](C)(C)C. The third-order valence-electron chi connectivity index (χ3n) is 11.5. The minimum absolute atomic E-state index is 0.101. The topological polar surface area (TPSA) is 54.0 Å². The molecule has 0 saturated heterocycles. The number of esters is 1. The predicted molar refractivity (Wildman–Crippen MR) is 232 cm³/mol. The summed E-state index contributed by atoms with van der Waals surface area (Å²) in [6.07, 6.45) is 14.9. The van der Waals surface area contributed by atoms with Crippen LogP contribution < -0.4 is 4.46 Å². The smallest absolute Gasteiger partial charge is 0.0461 e. The summed E-state index contributed by atoms with van der Waals surface area (Å²) in [5.74, 6) is 1.32. The molecule has 2 rings (SSSR count). The predicted octanol–water partition coefficient (Wildman–Crippen LogP) is 12.4. The number of ether oxygens (including phenoxy) is 1. The van der Waals surface area contributed by atoms with Gasteiger partial charge in [-0.15, -0.1) is 0 Å². The monoisotopic (exact) mass is 838 g/mol. The first-order valence-electron chi connectivity index (χ1n) is 20.5. The van der Waals surface area contributed by atoms with Gasteiger partial charge in [-0.05, 0) is 19.6 Å². The number of rotatable bonds is 24. The van der Waals surface area contributed by atoms with Gasteiger partial charge in [-0.2, -0.15) is 0 Å². The van der Waals surface area contributed by atoms with Gasteiger partial charge in [-0.25, -0.2) is 0 Å². The number of carbonyl (C=O) groups is 1. The molecule has 9 heteroatoms. The zero-order valence-corrected chi connectivity index (χ0v) is 40.6. The first kappa shape index (κ1) is 47.2. The molecule has 0 radical (unpaired) electrons. The van der Waals surface area contributed by atoms with Gasteiger partial charge in [-0.1, -0.05) is 19.8 Å². The Morgan fingerprint density at radius 3 is 2.12 bits per heavy atom. The van der Waals surface area contributed by atoms with E-state index in [-0.39, 0.29) is 43.6 Å². The van der Waals surface area contributed by atoms with E-state index in [1.165, 1.54) is 35.7 Å². The summed E-state index contributed by atoms with van der Waals surface area (Å²) in [5, 5.41) is 0.111. The molecule has 2 unspecified atom stereocenters. The molecule has 0 fully saturated rings. The van der Waals surface area contributed by atoms with Crippen molar-refractivity contribution in [3.05, 3.63) is 53.8 Å². The van der Waals surface area contributed by atoms with Gasteiger partial charge >= 0.3 is 284 Å². The molecule has 0 spiro atoms. The van der Waals surface area contributed by atoms with Crippen molar-refractivity contribution in [2.75, 3.05) is 7.11 Å². The first-order chi connectivity index (χ1) is 24.3. The molecule has 0 aliphatic heterocycles. The molecule has 0 bridgehead atoms. The summed E-state index contributed by atoms with van der Waals surface area (Å²) in [7, 11) is -4.18. The van der Waals surface area contributed by atoms with E-state index in [1.807, 2.05) is 0 Å². The van der Waals surface area contributed by atoms with Crippen molar-refractivity contribution in [2.45, 2.75) is 192 Å². The normalized spacial score (nSPS) is 19.3. The van der Waals surface area contributed by atoms with Crippen molar-refractivity contribution in [3.63, 3.8) is 0 Å². The summed E-state index contributed by atoms with van der Waals surface area (Å²) in [6, 6.07) is 14.1. The van der Waals surface area contributed by atoms with Crippen LogP contribution in [-0.4, -0.2) is 64.7 Å². The average molecular weight is 838 g/mol. The standard InChI is InChI=1S/C43H78O5SeSi3/c1-15-19-31-43(8,48-50(10,11)12)32-25-30-38-37(29-24-23-28-36(33-41(44)45-9)49-35-26-21-20-22-27-35)39(46-51(13,14)42(5,6)7)34-40(38)47-52(16-2,17-3)18-4/h20-22,25-27,30,36,38,40H,15-19,23-24,28-29,31-34H2,1-14H3/b30-25+/t36?,38-,40-,43?/m1/s1. The Balaban J connectivity index is 2.50. The average Bonchev–Trinajstić information content (AvgIpc) is 3.37. The molecule has 0 N–H and O–H groups in total. The van der Waals surface area contributed by atoms with E-state index in [0.29, 0.717) is 11.2 Å². The number of hydrogen-bond donors (Lipinski definition) is 0. The first-order valence-corrected chi connectivity index (χ1v) is 31.2. The fourth-order valence-electron chi connectivity index (χ4n) is 7.20. The van der Waals surface area contributed by atoms with Gasteiger partial charge < -0.3 is 0 Å². The van der Waals surface area contributed by atoms with Crippen LogP contribution in [0.1, 0.15) is 120 Å². The Labute approximate surface area is 330 Å². The van der Waals surface area contributed by atoms with Crippen LogP contribution in [0, 0.1) is 5.92 Å². The minimum Gasteiger partial charge on any atom is -0.0461 e. The molecule has 52 heavy (non-hydrogen) atoms. The maximum atomic E-state index is 12.4. The Bertz CT molecular complexity index is 1260. The van der Waals surface area contributed by atoms with Crippen LogP contribution in [0.2, 0.25) is 60.7 Å². The van der Waals surface area contributed by atoms with E-state index in [0.717, 1.165) is 63.1 Å². The van der Waals surface area contributed by atoms with Gasteiger partial charge in [0.1, 0.15) is 0 Å². The molecule has 4 atom stereocenters. The summed E-state index contributed by atoms with van der Waals surface area (Å²) < 4.78 is 28.1. The number of benzene rings is 1. The Hall–Kier alpha value is -0.940. The van der Waals surface area contributed by atoms with E-state index < -0.39 is 25.0 Å². The third kappa shape index (κ3) is 15.3. The van der Waals surface area contributed by atoms with Crippen molar-refractivity contribution in [1.29, 1.82) is 0 Å². The van der Waals surface area contributed by atoms with Crippen LogP contribution in [-0.2, 0) is 22.8 Å². The van der Waals surface area contributed by atoms with Crippen LogP contribution in [0.25, 0.3) is 0 Å². The molecule has 1 aromatic carbocycles. The van der Waals surface area contributed by atoms with Crippen molar-refractivity contribution in [1.82, 2.24) is 0 Å². The van der Waals surface area contributed by atoms with Crippen molar-refractivity contribution >= 4 is 50.3 Å². The second-order valence-electron chi connectivity index (χ2n) is 17.9. The molecule has 0 heterocycles.